The highest BCUT2D eigenvalue weighted by Crippen LogP contribution is 2.15. The number of pyridine rings is 1. The first kappa shape index (κ1) is 20.6. The molecule has 8 heteroatoms. The average molecular weight is 382 g/mol. The zero-order valence-corrected chi connectivity index (χ0v) is 16.2. The smallest absolute Gasteiger partial charge is 0.214 e. The molecule has 0 amide bonds. The van der Waals surface area contributed by atoms with Crippen molar-refractivity contribution in [2.24, 2.45) is 0 Å². The van der Waals surface area contributed by atoms with Crippen LogP contribution in [0.25, 0.3) is 0 Å². The predicted molar refractivity (Wildman–Crippen MR) is 106 cm³/mol. The van der Waals surface area contributed by atoms with Gasteiger partial charge in [-0.1, -0.05) is 25.7 Å². The highest BCUT2D eigenvalue weighted by molar-refractivity contribution is 7.89. The van der Waals surface area contributed by atoms with Crippen molar-refractivity contribution in [3.05, 3.63) is 24.5 Å². The van der Waals surface area contributed by atoms with E-state index in [9.17, 15) is 8.42 Å². The lowest BCUT2D eigenvalue weighted by molar-refractivity contribution is 0.422. The van der Waals surface area contributed by atoms with Gasteiger partial charge >= 0.3 is 0 Å². The number of sulfonamides is 1. The number of aromatic nitrogens is 1. The fraction of sp³-hybridized carbons (Fsp3) is 0.667. The number of guanidine groups is 1. The number of hydrogen-bond donors (Lipinski definition) is 3. The first-order valence-corrected chi connectivity index (χ1v) is 11.2. The maximum absolute atomic E-state index is 12.4. The van der Waals surface area contributed by atoms with Crippen LogP contribution in [-0.2, 0) is 10.0 Å². The second kappa shape index (κ2) is 11.1. The molecule has 0 aliphatic carbocycles. The Labute approximate surface area is 157 Å². The second-order valence-electron chi connectivity index (χ2n) is 6.71. The molecule has 0 unspecified atom stereocenters. The molecule has 0 saturated carbocycles. The van der Waals surface area contributed by atoms with Crippen LogP contribution in [-0.4, -0.2) is 49.1 Å². The minimum Gasteiger partial charge on any atom is -0.356 e. The van der Waals surface area contributed by atoms with Crippen molar-refractivity contribution in [2.45, 2.75) is 51.4 Å². The quantitative estimate of drug-likeness (QED) is 0.347. The van der Waals surface area contributed by atoms with Crippen molar-refractivity contribution in [2.75, 3.05) is 30.7 Å². The standard InChI is InChI=1S/C18H31N5O2S/c19-18(22-17-9-12-20-13-10-17)21-11-5-1-4-8-16-26(24,25)23-14-6-2-3-7-15-23/h9-10,12-13H,1-8,11,14-16H2,(H3,19,20,21,22). The van der Waals surface area contributed by atoms with Crippen LogP contribution in [0.5, 0.6) is 0 Å². The van der Waals surface area contributed by atoms with Crippen molar-refractivity contribution in [3.8, 4) is 0 Å². The van der Waals surface area contributed by atoms with Crippen LogP contribution in [0.2, 0.25) is 0 Å². The lowest BCUT2D eigenvalue weighted by Gasteiger charge is -2.19. The van der Waals surface area contributed by atoms with Crippen LogP contribution in [0, 0.1) is 5.41 Å². The maximum Gasteiger partial charge on any atom is 0.214 e. The van der Waals surface area contributed by atoms with Crippen LogP contribution in [0.1, 0.15) is 51.4 Å². The molecule has 1 aliphatic rings. The SMILES string of the molecule is N=C(NCCCCCCS(=O)(=O)N1CCCCCC1)Nc1ccncc1. The van der Waals surface area contributed by atoms with Crippen molar-refractivity contribution in [1.82, 2.24) is 14.6 Å². The zero-order chi connectivity index (χ0) is 18.7. The minimum atomic E-state index is -3.08. The van der Waals surface area contributed by atoms with Crippen molar-refractivity contribution < 1.29 is 8.42 Å². The van der Waals surface area contributed by atoms with Gasteiger partial charge < -0.3 is 10.6 Å². The number of nitrogens with zero attached hydrogens (tertiary/aromatic N) is 2. The molecule has 146 valence electrons. The molecule has 0 aromatic carbocycles. The largest absolute Gasteiger partial charge is 0.356 e. The summed E-state index contributed by atoms with van der Waals surface area (Å²) in [7, 11) is -3.08. The summed E-state index contributed by atoms with van der Waals surface area (Å²) < 4.78 is 26.4. The summed E-state index contributed by atoms with van der Waals surface area (Å²) in [6, 6.07) is 3.61. The lowest BCUT2D eigenvalue weighted by atomic mass is 10.2. The van der Waals surface area contributed by atoms with Gasteiger partial charge in [0.05, 0.1) is 5.75 Å². The fourth-order valence-corrected chi connectivity index (χ4v) is 4.69. The van der Waals surface area contributed by atoms with Gasteiger partial charge in [-0.05, 0) is 37.8 Å². The van der Waals surface area contributed by atoms with E-state index < -0.39 is 10.0 Å². The third-order valence-electron chi connectivity index (χ3n) is 4.54. The highest BCUT2D eigenvalue weighted by Gasteiger charge is 2.22. The highest BCUT2D eigenvalue weighted by atomic mass is 32.2. The molecule has 1 aromatic rings. The predicted octanol–water partition coefficient (Wildman–Crippen LogP) is 2.78. The molecule has 1 aromatic heterocycles. The van der Waals surface area contributed by atoms with E-state index in [1.807, 2.05) is 0 Å². The molecule has 1 saturated heterocycles. The Morgan fingerprint density at radius 2 is 1.69 bits per heavy atom. The summed E-state index contributed by atoms with van der Waals surface area (Å²) in [6.07, 6.45) is 11.1. The van der Waals surface area contributed by atoms with E-state index in [1.165, 1.54) is 0 Å². The Morgan fingerprint density at radius 1 is 1.04 bits per heavy atom. The third-order valence-corrected chi connectivity index (χ3v) is 6.50. The van der Waals surface area contributed by atoms with E-state index in [-0.39, 0.29) is 11.7 Å². The summed E-state index contributed by atoms with van der Waals surface area (Å²) in [5.74, 6) is 0.528. The van der Waals surface area contributed by atoms with Crippen LogP contribution >= 0.6 is 0 Å². The Hall–Kier alpha value is -1.67. The van der Waals surface area contributed by atoms with Crippen LogP contribution in [0.15, 0.2) is 24.5 Å². The van der Waals surface area contributed by atoms with Gasteiger partial charge in [-0.3, -0.25) is 10.4 Å². The Morgan fingerprint density at radius 3 is 2.38 bits per heavy atom. The Balaban J connectivity index is 1.53. The van der Waals surface area contributed by atoms with E-state index in [1.54, 1.807) is 28.8 Å². The molecular weight excluding hydrogens is 350 g/mol. The molecular formula is C18H31N5O2S. The summed E-state index contributed by atoms with van der Waals surface area (Å²) in [5.41, 5.74) is 0.830. The van der Waals surface area contributed by atoms with Gasteiger partial charge in [0.25, 0.3) is 0 Å². The van der Waals surface area contributed by atoms with Crippen molar-refractivity contribution >= 4 is 21.7 Å². The molecule has 3 N–H and O–H groups in total. The molecule has 1 fully saturated rings. The van der Waals surface area contributed by atoms with E-state index in [0.717, 1.165) is 50.6 Å². The molecule has 2 rings (SSSR count). The third kappa shape index (κ3) is 7.70. The number of unbranched alkanes of at least 4 members (excludes halogenated alkanes) is 3. The maximum atomic E-state index is 12.4. The van der Waals surface area contributed by atoms with Crippen molar-refractivity contribution in [1.29, 1.82) is 5.41 Å². The van der Waals surface area contributed by atoms with Gasteiger partial charge in [0.15, 0.2) is 5.96 Å². The van der Waals surface area contributed by atoms with E-state index >= 15 is 0 Å². The molecule has 0 spiro atoms. The van der Waals surface area contributed by atoms with Crippen LogP contribution in [0.3, 0.4) is 0 Å². The topological polar surface area (TPSA) is 98.2 Å². The number of hydrogen-bond acceptors (Lipinski definition) is 4. The average Bonchev–Trinajstić information content (AvgIpc) is 2.92. The molecule has 7 nitrogen and oxygen atoms in total. The second-order valence-corrected chi connectivity index (χ2v) is 8.79. The van der Waals surface area contributed by atoms with E-state index in [4.69, 9.17) is 5.41 Å². The van der Waals surface area contributed by atoms with E-state index in [0.29, 0.717) is 26.1 Å². The van der Waals surface area contributed by atoms with Crippen LogP contribution in [0.4, 0.5) is 5.69 Å². The molecule has 0 bridgehead atoms. The zero-order valence-electron chi connectivity index (χ0n) is 15.4. The minimum absolute atomic E-state index is 0.264. The molecule has 1 aliphatic heterocycles. The first-order valence-electron chi connectivity index (χ1n) is 9.55. The molecule has 0 radical (unpaired) electrons. The van der Waals surface area contributed by atoms with Gasteiger partial charge in [0.1, 0.15) is 0 Å². The molecule has 0 atom stereocenters. The molecule has 2 heterocycles. The lowest BCUT2D eigenvalue weighted by Crippen LogP contribution is -2.33. The Bertz CT molecular complexity index is 628. The number of rotatable bonds is 9. The fourth-order valence-electron chi connectivity index (χ4n) is 3.05. The van der Waals surface area contributed by atoms with E-state index in [2.05, 4.69) is 15.6 Å². The van der Waals surface area contributed by atoms with Gasteiger partial charge in [-0.15, -0.1) is 0 Å². The van der Waals surface area contributed by atoms with Gasteiger partial charge in [0, 0.05) is 37.7 Å². The van der Waals surface area contributed by atoms with Crippen LogP contribution < -0.4 is 10.6 Å². The number of anilines is 1. The summed E-state index contributed by atoms with van der Waals surface area (Å²) >= 11 is 0. The first-order chi connectivity index (χ1) is 12.6. The number of nitrogens with one attached hydrogen (secondary N) is 3. The monoisotopic (exact) mass is 381 g/mol. The normalized spacial score (nSPS) is 16.0. The van der Waals surface area contributed by atoms with Gasteiger partial charge in [-0.25, -0.2) is 12.7 Å². The van der Waals surface area contributed by atoms with Gasteiger partial charge in [-0.2, -0.15) is 0 Å². The summed E-state index contributed by atoms with van der Waals surface area (Å²) in [4.78, 5) is 3.93. The van der Waals surface area contributed by atoms with Crippen molar-refractivity contribution in [3.63, 3.8) is 0 Å². The van der Waals surface area contributed by atoms with Gasteiger partial charge in [0.2, 0.25) is 10.0 Å². The summed E-state index contributed by atoms with van der Waals surface area (Å²) in [5, 5.41) is 13.8. The summed E-state index contributed by atoms with van der Waals surface area (Å²) in [6.45, 7) is 2.09. The Kier molecular flexibility index (Phi) is 8.84. The molecule has 26 heavy (non-hydrogen) atoms.